The second kappa shape index (κ2) is 9.20. The number of carbonyl (C=O) groups excluding carboxylic acids is 3. The van der Waals surface area contributed by atoms with Gasteiger partial charge in [-0.1, -0.05) is 30.3 Å². The first-order chi connectivity index (χ1) is 15.0. The molecule has 1 aromatic carbocycles. The Kier molecular flexibility index (Phi) is 6.57. The quantitative estimate of drug-likeness (QED) is 0.443. The Morgan fingerprint density at radius 1 is 1.29 bits per heavy atom. The molecule has 2 unspecified atom stereocenters. The van der Waals surface area contributed by atoms with Gasteiger partial charge in [0.05, 0.1) is 23.2 Å². The van der Waals surface area contributed by atoms with E-state index in [4.69, 9.17) is 4.74 Å². The van der Waals surface area contributed by atoms with Gasteiger partial charge in [-0.05, 0) is 38.2 Å². The van der Waals surface area contributed by atoms with Crippen LogP contribution in [0.15, 0.2) is 30.3 Å². The summed E-state index contributed by atoms with van der Waals surface area (Å²) in [6, 6.07) is 9.07. The molecule has 2 amide bonds. The second-order valence-corrected chi connectivity index (χ2v) is 10.1. The van der Waals surface area contributed by atoms with E-state index in [-0.39, 0.29) is 36.2 Å². The number of nitrogens with one attached hydrogen (secondary N) is 1. The minimum Gasteiger partial charge on any atom is -0.466 e. The van der Waals surface area contributed by atoms with Crippen LogP contribution in [0.2, 0.25) is 0 Å². The van der Waals surface area contributed by atoms with Crippen LogP contribution >= 0.6 is 11.8 Å². The van der Waals surface area contributed by atoms with Crippen molar-refractivity contribution >= 4 is 29.5 Å². The molecule has 0 aliphatic carbocycles. The van der Waals surface area contributed by atoms with Crippen molar-refractivity contribution in [3.63, 3.8) is 0 Å². The van der Waals surface area contributed by atoms with E-state index < -0.39 is 22.6 Å². The van der Waals surface area contributed by atoms with Crippen molar-refractivity contribution < 1.29 is 24.2 Å². The maximum absolute atomic E-state index is 13.5. The normalized spacial score (nSPS) is 31.0. The number of hydrogen-bond acceptors (Lipinski definition) is 6. The third kappa shape index (κ3) is 3.84. The number of benzene rings is 1. The number of carbonyl (C=O) groups is 3. The molecule has 4 rings (SSSR count). The third-order valence-electron chi connectivity index (χ3n) is 6.72. The molecule has 3 aliphatic heterocycles. The van der Waals surface area contributed by atoms with E-state index in [1.807, 2.05) is 30.3 Å². The summed E-state index contributed by atoms with van der Waals surface area (Å²) in [5.41, 5.74) is 0.994. The highest BCUT2D eigenvalue weighted by atomic mass is 32.2. The van der Waals surface area contributed by atoms with E-state index in [1.54, 1.807) is 23.6 Å². The van der Waals surface area contributed by atoms with Crippen LogP contribution in [0.5, 0.6) is 0 Å². The number of thioether (sulfide) groups is 1. The number of hydrogen-bond donors (Lipinski definition) is 2. The van der Waals surface area contributed by atoms with Gasteiger partial charge in [0.1, 0.15) is 6.04 Å². The average Bonchev–Trinajstić information content (AvgIpc) is 3.41. The number of ether oxygens (including phenoxy) is 1. The van der Waals surface area contributed by atoms with Crippen LogP contribution < -0.4 is 5.32 Å². The SMILES string of the molecule is CCOC(=O)[C@@H]1[C@H]2C(=O)N(CCCCO)C(C(=O)NCc3ccccc3)C23CC[C@H]1S3. The topological polar surface area (TPSA) is 95.9 Å². The lowest BCUT2D eigenvalue weighted by Gasteiger charge is -2.34. The monoisotopic (exact) mass is 446 g/mol. The highest BCUT2D eigenvalue weighted by Gasteiger charge is 2.73. The van der Waals surface area contributed by atoms with Crippen LogP contribution in [-0.4, -0.2) is 63.6 Å². The van der Waals surface area contributed by atoms with Gasteiger partial charge in [-0.2, -0.15) is 0 Å². The zero-order valence-electron chi connectivity index (χ0n) is 17.8. The minimum absolute atomic E-state index is 0.0250. The smallest absolute Gasteiger partial charge is 0.310 e. The summed E-state index contributed by atoms with van der Waals surface area (Å²) in [5, 5.41) is 12.2. The van der Waals surface area contributed by atoms with E-state index in [9.17, 15) is 19.5 Å². The summed E-state index contributed by atoms with van der Waals surface area (Å²) in [7, 11) is 0. The molecule has 7 nitrogen and oxygen atoms in total. The Bertz CT molecular complexity index is 835. The Balaban J connectivity index is 1.60. The van der Waals surface area contributed by atoms with Crippen molar-refractivity contribution in [1.29, 1.82) is 0 Å². The number of aliphatic hydroxyl groups is 1. The first-order valence-corrected chi connectivity index (χ1v) is 12.0. The molecule has 0 aromatic heterocycles. The molecule has 31 heavy (non-hydrogen) atoms. The van der Waals surface area contributed by atoms with Gasteiger partial charge < -0.3 is 20.1 Å². The van der Waals surface area contributed by atoms with Crippen molar-refractivity contribution in [3.05, 3.63) is 35.9 Å². The van der Waals surface area contributed by atoms with Gasteiger partial charge >= 0.3 is 5.97 Å². The molecule has 168 valence electrons. The van der Waals surface area contributed by atoms with E-state index in [0.717, 1.165) is 18.4 Å². The molecule has 3 saturated heterocycles. The van der Waals surface area contributed by atoms with E-state index in [0.29, 0.717) is 25.9 Å². The van der Waals surface area contributed by atoms with Gasteiger partial charge in [0.2, 0.25) is 11.8 Å². The molecular weight excluding hydrogens is 416 g/mol. The largest absolute Gasteiger partial charge is 0.466 e. The highest BCUT2D eigenvalue weighted by molar-refractivity contribution is 8.02. The van der Waals surface area contributed by atoms with Crippen molar-refractivity contribution in [1.82, 2.24) is 10.2 Å². The average molecular weight is 447 g/mol. The lowest BCUT2D eigenvalue weighted by molar-refractivity contribution is -0.153. The Morgan fingerprint density at radius 3 is 2.77 bits per heavy atom. The zero-order valence-corrected chi connectivity index (χ0v) is 18.6. The van der Waals surface area contributed by atoms with Gasteiger partial charge in [0, 0.05) is 24.9 Å². The standard InChI is InChI=1S/C23H30N2O5S/c1-2-30-22(29)17-16-10-11-23(31-16)18(17)21(28)25(12-6-7-13-26)19(23)20(27)24-14-15-8-4-3-5-9-15/h3-5,8-9,16-19,26H,2,6-7,10-14H2,1H3,(H,24,27)/t16-,17+,18+,19?,23?/m1/s1. The van der Waals surface area contributed by atoms with E-state index >= 15 is 0 Å². The van der Waals surface area contributed by atoms with Crippen molar-refractivity contribution in [2.24, 2.45) is 11.8 Å². The van der Waals surface area contributed by atoms with Crippen molar-refractivity contribution in [2.75, 3.05) is 19.8 Å². The summed E-state index contributed by atoms with van der Waals surface area (Å²) in [5.74, 6) is -1.61. The number of likely N-dealkylation sites (tertiary alicyclic amines) is 1. The Labute approximate surface area is 186 Å². The molecule has 3 heterocycles. The fourth-order valence-electron chi connectivity index (χ4n) is 5.48. The lowest BCUT2D eigenvalue weighted by Crippen LogP contribution is -2.53. The van der Waals surface area contributed by atoms with Crippen LogP contribution in [0.1, 0.15) is 38.2 Å². The number of esters is 1. The Hall–Kier alpha value is -2.06. The van der Waals surface area contributed by atoms with Gasteiger partial charge in [0.15, 0.2) is 0 Å². The highest BCUT2D eigenvalue weighted by Crippen LogP contribution is 2.66. The molecule has 0 radical (unpaired) electrons. The Morgan fingerprint density at radius 2 is 2.06 bits per heavy atom. The molecule has 5 atom stereocenters. The minimum atomic E-state index is -0.609. The first-order valence-electron chi connectivity index (χ1n) is 11.1. The summed E-state index contributed by atoms with van der Waals surface area (Å²) >= 11 is 1.64. The number of unbranched alkanes of at least 4 members (excludes halogenated alkanes) is 1. The van der Waals surface area contributed by atoms with Gasteiger partial charge in [0.25, 0.3) is 0 Å². The molecular formula is C23H30N2O5S. The molecule has 1 aromatic rings. The molecule has 3 aliphatic rings. The van der Waals surface area contributed by atoms with E-state index in [2.05, 4.69) is 5.32 Å². The van der Waals surface area contributed by atoms with Crippen molar-refractivity contribution in [2.45, 2.75) is 55.2 Å². The predicted octanol–water partition coefficient (Wildman–Crippen LogP) is 1.73. The number of amides is 2. The zero-order chi connectivity index (χ0) is 22.0. The lowest BCUT2D eigenvalue weighted by atomic mass is 9.71. The fraction of sp³-hybridized carbons (Fsp3) is 0.609. The van der Waals surface area contributed by atoms with Gasteiger partial charge in [-0.25, -0.2) is 0 Å². The van der Waals surface area contributed by atoms with Crippen LogP contribution in [-0.2, 0) is 25.7 Å². The maximum atomic E-state index is 13.5. The molecule has 8 heteroatoms. The molecule has 3 fully saturated rings. The first kappa shape index (κ1) is 22.1. The summed E-state index contributed by atoms with van der Waals surface area (Å²) in [6.45, 7) is 2.89. The maximum Gasteiger partial charge on any atom is 0.310 e. The van der Waals surface area contributed by atoms with Crippen LogP contribution in [0.25, 0.3) is 0 Å². The number of rotatable bonds is 9. The third-order valence-corrected chi connectivity index (χ3v) is 8.68. The van der Waals surface area contributed by atoms with Crippen LogP contribution in [0.3, 0.4) is 0 Å². The van der Waals surface area contributed by atoms with Crippen LogP contribution in [0, 0.1) is 11.8 Å². The van der Waals surface area contributed by atoms with Crippen LogP contribution in [0.4, 0.5) is 0 Å². The number of aliphatic hydroxyl groups excluding tert-OH is 1. The van der Waals surface area contributed by atoms with Gasteiger partial charge in [-0.3, -0.25) is 14.4 Å². The molecule has 1 spiro atoms. The molecule has 0 saturated carbocycles. The summed E-state index contributed by atoms with van der Waals surface area (Å²) in [4.78, 5) is 41.4. The molecule has 2 N–H and O–H groups in total. The number of nitrogens with zero attached hydrogens (tertiary/aromatic N) is 1. The fourth-order valence-corrected chi connectivity index (χ4v) is 7.68. The summed E-state index contributed by atoms with van der Waals surface area (Å²) in [6.07, 6.45) is 2.74. The summed E-state index contributed by atoms with van der Waals surface area (Å²) < 4.78 is 4.73. The van der Waals surface area contributed by atoms with Crippen molar-refractivity contribution in [3.8, 4) is 0 Å². The predicted molar refractivity (Wildman–Crippen MR) is 117 cm³/mol. The number of fused-ring (bicyclic) bond motifs is 1. The van der Waals surface area contributed by atoms with E-state index in [1.165, 1.54) is 0 Å². The molecule has 2 bridgehead atoms. The van der Waals surface area contributed by atoms with Gasteiger partial charge in [-0.15, -0.1) is 11.8 Å². The second-order valence-electron chi connectivity index (χ2n) is 8.47.